The molecule has 0 spiro atoms. The van der Waals surface area contributed by atoms with Crippen molar-refractivity contribution in [2.45, 2.75) is 225 Å². The predicted molar refractivity (Wildman–Crippen MR) is 216 cm³/mol. The van der Waals surface area contributed by atoms with Crippen molar-refractivity contribution in [3.63, 3.8) is 0 Å². The number of hydrogen-bond donors (Lipinski definition) is 2. The van der Waals surface area contributed by atoms with E-state index < -0.39 is 32.5 Å². The van der Waals surface area contributed by atoms with Crippen LogP contribution >= 0.6 is 7.82 Å². The van der Waals surface area contributed by atoms with Crippen LogP contribution in [0.25, 0.3) is 0 Å². The third kappa shape index (κ3) is 41.3. The first-order valence-electron chi connectivity index (χ1n) is 21.6. The topological polar surface area (TPSA) is 119 Å². The predicted octanol–water partition coefficient (Wildman–Crippen LogP) is 13.2. The van der Waals surface area contributed by atoms with E-state index in [0.29, 0.717) is 12.8 Å². The van der Waals surface area contributed by atoms with Gasteiger partial charge in [0.05, 0.1) is 6.61 Å². The molecule has 0 radical (unpaired) electrons. The van der Waals surface area contributed by atoms with Gasteiger partial charge in [0, 0.05) is 12.8 Å². The fourth-order valence-electron chi connectivity index (χ4n) is 6.23. The van der Waals surface area contributed by atoms with Crippen molar-refractivity contribution in [1.29, 1.82) is 0 Å². The first-order valence-corrected chi connectivity index (χ1v) is 23.2. The minimum atomic E-state index is -4.75. The molecule has 0 rings (SSSR count). The average Bonchev–Trinajstić information content (AvgIpc) is 3.11. The van der Waals surface area contributed by atoms with Gasteiger partial charge in [-0.05, 0) is 44.9 Å². The third-order valence-electron chi connectivity index (χ3n) is 9.47. The second-order valence-electron chi connectivity index (χ2n) is 14.7. The summed E-state index contributed by atoms with van der Waals surface area (Å²) in [7, 11) is -4.75. The van der Waals surface area contributed by atoms with E-state index in [1.807, 2.05) is 0 Å². The Labute approximate surface area is 319 Å². The van der Waals surface area contributed by atoms with Gasteiger partial charge in [-0.2, -0.15) is 0 Å². The lowest BCUT2D eigenvalue weighted by Gasteiger charge is -2.18. The zero-order valence-corrected chi connectivity index (χ0v) is 34.6. The fraction of sp³-hybridized carbons (Fsp3) is 0.860. The van der Waals surface area contributed by atoms with Crippen LogP contribution in [0.15, 0.2) is 24.3 Å². The Morgan fingerprint density at radius 1 is 0.500 bits per heavy atom. The number of hydrogen-bond acceptors (Lipinski definition) is 6. The van der Waals surface area contributed by atoms with Crippen molar-refractivity contribution in [1.82, 2.24) is 0 Å². The monoisotopic (exact) mass is 757 g/mol. The van der Waals surface area contributed by atoms with E-state index in [1.54, 1.807) is 0 Å². The second-order valence-corrected chi connectivity index (χ2v) is 15.9. The lowest BCUT2D eigenvalue weighted by molar-refractivity contribution is -0.161. The fourth-order valence-corrected chi connectivity index (χ4v) is 6.59. The van der Waals surface area contributed by atoms with Crippen LogP contribution in [0.3, 0.4) is 0 Å². The molecule has 0 aromatic rings. The van der Waals surface area contributed by atoms with E-state index in [2.05, 4.69) is 42.7 Å². The largest absolute Gasteiger partial charge is 0.469 e. The van der Waals surface area contributed by atoms with Gasteiger partial charge in [0.15, 0.2) is 6.10 Å². The van der Waals surface area contributed by atoms with Crippen LogP contribution in [-0.4, -0.2) is 41.0 Å². The molecule has 8 nitrogen and oxygen atoms in total. The molecule has 52 heavy (non-hydrogen) atoms. The van der Waals surface area contributed by atoms with Crippen LogP contribution in [-0.2, 0) is 28.2 Å². The highest BCUT2D eigenvalue weighted by Gasteiger charge is 2.22. The summed E-state index contributed by atoms with van der Waals surface area (Å²) < 4.78 is 26.4. The molecular weight excluding hydrogens is 675 g/mol. The highest BCUT2D eigenvalue weighted by molar-refractivity contribution is 7.46. The van der Waals surface area contributed by atoms with E-state index in [1.165, 1.54) is 122 Å². The maximum Gasteiger partial charge on any atom is 0.469 e. The van der Waals surface area contributed by atoms with Crippen molar-refractivity contribution < 1.29 is 37.9 Å². The molecule has 0 aromatic carbocycles. The van der Waals surface area contributed by atoms with Gasteiger partial charge >= 0.3 is 19.8 Å². The van der Waals surface area contributed by atoms with E-state index in [4.69, 9.17) is 19.3 Å². The molecule has 0 saturated heterocycles. The molecule has 0 aliphatic heterocycles. The number of ether oxygens (including phenoxy) is 2. The molecule has 0 heterocycles. The summed E-state index contributed by atoms with van der Waals surface area (Å²) >= 11 is 0. The molecule has 0 amide bonds. The minimum Gasteiger partial charge on any atom is -0.462 e. The van der Waals surface area contributed by atoms with Crippen LogP contribution in [0.4, 0.5) is 0 Å². The first kappa shape index (κ1) is 50.5. The molecule has 0 saturated carbocycles. The van der Waals surface area contributed by atoms with Gasteiger partial charge in [0.1, 0.15) is 6.61 Å². The number of unbranched alkanes of at least 4 members (excludes halogenated alkanes) is 26. The average molecular weight is 757 g/mol. The van der Waals surface area contributed by atoms with E-state index in [9.17, 15) is 14.2 Å². The van der Waals surface area contributed by atoms with Crippen molar-refractivity contribution >= 4 is 19.8 Å². The van der Waals surface area contributed by atoms with Crippen LogP contribution in [0, 0.1) is 0 Å². The van der Waals surface area contributed by atoms with Crippen LogP contribution < -0.4 is 0 Å². The molecular formula is C43H81O8P. The smallest absolute Gasteiger partial charge is 0.462 e. The van der Waals surface area contributed by atoms with E-state index in [-0.39, 0.29) is 19.4 Å². The highest BCUT2D eigenvalue weighted by Crippen LogP contribution is 2.36. The summed E-state index contributed by atoms with van der Waals surface area (Å²) in [6.07, 6.45) is 44.7. The zero-order valence-electron chi connectivity index (χ0n) is 33.7. The standard InChI is InChI=1S/C43H81O8P/c1-3-5-7-9-11-13-15-17-19-20-21-22-24-26-28-30-32-34-36-38-43(45)51-41(40-50-52(46,47)48)39-49-42(44)37-35-33-31-29-27-25-23-18-16-14-12-10-8-6-4-2/h12,14,18,23,41H,3-11,13,15-17,19-22,24-40H2,1-2H3,(H2,46,47,48)/b14-12-,23-18-/t41-/m1/s1. The maximum atomic E-state index is 12.4. The molecule has 0 aromatic heterocycles. The molecule has 0 bridgehead atoms. The third-order valence-corrected chi connectivity index (χ3v) is 9.96. The second kappa shape index (κ2) is 39.2. The SMILES string of the molecule is CCCCC/C=C\C/C=C\CCCCCCCC(=O)OC[C@H](COP(=O)(O)O)OC(=O)CCCCCCCCCCCCCCCCCCCCC. The molecule has 0 unspecified atom stereocenters. The summed E-state index contributed by atoms with van der Waals surface area (Å²) in [6, 6.07) is 0. The Morgan fingerprint density at radius 3 is 1.31 bits per heavy atom. The van der Waals surface area contributed by atoms with Crippen LogP contribution in [0.5, 0.6) is 0 Å². The number of esters is 2. The number of carbonyl (C=O) groups excluding carboxylic acids is 2. The number of allylic oxidation sites excluding steroid dienone is 4. The Kier molecular flexibility index (Phi) is 38.1. The molecule has 0 fully saturated rings. The van der Waals surface area contributed by atoms with Crippen LogP contribution in [0.1, 0.15) is 219 Å². The van der Waals surface area contributed by atoms with Crippen LogP contribution in [0.2, 0.25) is 0 Å². The summed E-state index contributed by atoms with van der Waals surface area (Å²) in [4.78, 5) is 42.9. The highest BCUT2D eigenvalue weighted by atomic mass is 31.2. The summed E-state index contributed by atoms with van der Waals surface area (Å²) in [5.74, 6) is -0.891. The first-order chi connectivity index (χ1) is 25.3. The Balaban J connectivity index is 3.88. The number of phosphoric ester groups is 1. The quantitative estimate of drug-likeness (QED) is 0.0274. The van der Waals surface area contributed by atoms with Gasteiger partial charge in [-0.15, -0.1) is 0 Å². The van der Waals surface area contributed by atoms with Gasteiger partial charge in [0.25, 0.3) is 0 Å². The molecule has 0 aliphatic carbocycles. The van der Waals surface area contributed by atoms with Gasteiger partial charge in [-0.1, -0.05) is 186 Å². The summed E-state index contributed by atoms with van der Waals surface area (Å²) in [5, 5.41) is 0. The lowest BCUT2D eigenvalue weighted by Crippen LogP contribution is -2.29. The summed E-state index contributed by atoms with van der Waals surface area (Å²) in [6.45, 7) is 3.67. The summed E-state index contributed by atoms with van der Waals surface area (Å²) in [5.41, 5.74) is 0. The van der Waals surface area contributed by atoms with Crippen molar-refractivity contribution in [2.24, 2.45) is 0 Å². The van der Waals surface area contributed by atoms with Gasteiger partial charge in [-0.25, -0.2) is 4.57 Å². The lowest BCUT2D eigenvalue weighted by atomic mass is 10.0. The minimum absolute atomic E-state index is 0.213. The van der Waals surface area contributed by atoms with E-state index in [0.717, 1.165) is 57.8 Å². The van der Waals surface area contributed by atoms with Crippen molar-refractivity contribution in [3.8, 4) is 0 Å². The number of carbonyl (C=O) groups is 2. The van der Waals surface area contributed by atoms with Crippen molar-refractivity contribution in [3.05, 3.63) is 24.3 Å². The van der Waals surface area contributed by atoms with Crippen molar-refractivity contribution in [2.75, 3.05) is 13.2 Å². The molecule has 2 N–H and O–H groups in total. The van der Waals surface area contributed by atoms with E-state index >= 15 is 0 Å². The maximum absolute atomic E-state index is 12.4. The number of rotatable bonds is 40. The normalized spacial score (nSPS) is 12.6. The molecule has 9 heteroatoms. The molecule has 306 valence electrons. The van der Waals surface area contributed by atoms with Gasteiger partial charge in [-0.3, -0.25) is 14.1 Å². The molecule has 1 atom stereocenters. The Bertz CT molecular complexity index is 900. The Morgan fingerprint density at radius 2 is 0.865 bits per heavy atom. The molecule has 0 aliphatic rings. The zero-order chi connectivity index (χ0) is 38.2. The van der Waals surface area contributed by atoms with Gasteiger partial charge in [0.2, 0.25) is 0 Å². The Hall–Kier alpha value is -1.47. The van der Waals surface area contributed by atoms with Gasteiger partial charge < -0.3 is 19.3 Å². The number of phosphoric acid groups is 1.